The number of rotatable bonds is 6. The van der Waals surface area contributed by atoms with Gasteiger partial charge in [0.1, 0.15) is 0 Å². The fraction of sp³-hybridized carbons (Fsp3) is 0.636. The van der Waals surface area contributed by atoms with Gasteiger partial charge in [-0.05, 0) is 86.8 Å². The second-order valence-electron chi connectivity index (χ2n) is 8.90. The zero-order valence-electron chi connectivity index (χ0n) is 16.8. The standard InChI is InChI=1S/C22H30N2O4/c1-3-28-18-5-4-17(9-19(18)27-2)21(26)24-23-20(25)13-22-10-14-6-15(11-22)8-16(7-14)12-22/h4-5,9,14-16H,3,6-8,10-13H2,1-2H3,(H,23,25)(H,24,26). The molecule has 4 aliphatic carbocycles. The predicted octanol–water partition coefficient (Wildman–Crippen LogP) is 3.46. The Balaban J connectivity index is 1.33. The van der Waals surface area contributed by atoms with E-state index in [0.717, 1.165) is 17.8 Å². The van der Waals surface area contributed by atoms with Crippen LogP contribution in [0.5, 0.6) is 11.5 Å². The maximum absolute atomic E-state index is 12.6. The Hall–Kier alpha value is -2.24. The van der Waals surface area contributed by atoms with E-state index in [9.17, 15) is 9.59 Å². The Morgan fingerprint density at radius 1 is 1.04 bits per heavy atom. The largest absolute Gasteiger partial charge is 0.493 e. The average molecular weight is 386 g/mol. The minimum absolute atomic E-state index is 0.0896. The van der Waals surface area contributed by atoms with Crippen molar-refractivity contribution in [3.05, 3.63) is 23.8 Å². The van der Waals surface area contributed by atoms with Crippen LogP contribution in [0.3, 0.4) is 0 Å². The van der Waals surface area contributed by atoms with Gasteiger partial charge < -0.3 is 9.47 Å². The van der Waals surface area contributed by atoms with E-state index >= 15 is 0 Å². The van der Waals surface area contributed by atoms with Crippen molar-refractivity contribution in [3.8, 4) is 11.5 Å². The van der Waals surface area contributed by atoms with E-state index in [2.05, 4.69) is 10.9 Å². The molecule has 6 heteroatoms. The molecule has 5 rings (SSSR count). The van der Waals surface area contributed by atoms with E-state index in [0.29, 0.717) is 30.1 Å². The Labute approximate surface area is 166 Å². The highest BCUT2D eigenvalue weighted by atomic mass is 16.5. The van der Waals surface area contributed by atoms with Crippen molar-refractivity contribution in [3.63, 3.8) is 0 Å². The Morgan fingerprint density at radius 3 is 2.25 bits per heavy atom. The topological polar surface area (TPSA) is 76.7 Å². The molecule has 2 N–H and O–H groups in total. The normalized spacial score (nSPS) is 30.0. The lowest BCUT2D eigenvalue weighted by Crippen LogP contribution is -2.50. The molecule has 0 saturated heterocycles. The highest BCUT2D eigenvalue weighted by Crippen LogP contribution is 2.61. The van der Waals surface area contributed by atoms with Crippen LogP contribution in [0.1, 0.15) is 62.2 Å². The number of ether oxygens (including phenoxy) is 2. The van der Waals surface area contributed by atoms with Crippen molar-refractivity contribution < 1.29 is 19.1 Å². The van der Waals surface area contributed by atoms with Gasteiger partial charge in [-0.3, -0.25) is 20.4 Å². The van der Waals surface area contributed by atoms with Crippen LogP contribution in [0.2, 0.25) is 0 Å². The average Bonchev–Trinajstić information content (AvgIpc) is 2.65. The first kappa shape index (κ1) is 19.1. The van der Waals surface area contributed by atoms with Crippen LogP contribution in [0, 0.1) is 23.2 Å². The highest BCUT2D eigenvalue weighted by Gasteiger charge is 2.51. The number of hydrazine groups is 1. The monoisotopic (exact) mass is 386 g/mol. The number of methoxy groups -OCH3 is 1. The molecule has 0 aliphatic heterocycles. The van der Waals surface area contributed by atoms with Gasteiger partial charge in [0.2, 0.25) is 5.91 Å². The third-order valence-electron chi connectivity index (χ3n) is 6.74. The number of carbonyl (C=O) groups is 2. The molecule has 1 aromatic rings. The van der Waals surface area contributed by atoms with Gasteiger partial charge in [0.25, 0.3) is 5.91 Å². The second kappa shape index (κ2) is 7.64. The van der Waals surface area contributed by atoms with Crippen LogP contribution in [0.15, 0.2) is 18.2 Å². The number of nitrogens with one attached hydrogen (secondary N) is 2. The molecule has 0 aromatic heterocycles. The molecule has 6 nitrogen and oxygen atoms in total. The molecule has 4 saturated carbocycles. The van der Waals surface area contributed by atoms with Crippen molar-refractivity contribution in [1.29, 1.82) is 0 Å². The molecular formula is C22H30N2O4. The lowest BCUT2D eigenvalue weighted by Gasteiger charge is -2.56. The number of benzene rings is 1. The van der Waals surface area contributed by atoms with Crippen LogP contribution >= 0.6 is 0 Å². The zero-order chi connectivity index (χ0) is 19.7. The third-order valence-corrected chi connectivity index (χ3v) is 6.74. The van der Waals surface area contributed by atoms with Gasteiger partial charge in [-0.1, -0.05) is 0 Å². The summed E-state index contributed by atoms with van der Waals surface area (Å²) in [7, 11) is 1.53. The van der Waals surface area contributed by atoms with Gasteiger partial charge in [0, 0.05) is 12.0 Å². The number of hydrogen-bond donors (Lipinski definition) is 2. The van der Waals surface area contributed by atoms with Crippen LogP contribution in [-0.2, 0) is 4.79 Å². The molecule has 0 heterocycles. The highest BCUT2D eigenvalue weighted by molar-refractivity contribution is 5.96. The van der Waals surface area contributed by atoms with Crippen molar-refractivity contribution in [1.82, 2.24) is 10.9 Å². The summed E-state index contributed by atoms with van der Waals surface area (Å²) >= 11 is 0. The first-order chi connectivity index (χ1) is 13.5. The summed E-state index contributed by atoms with van der Waals surface area (Å²) in [6.45, 7) is 2.40. The van der Waals surface area contributed by atoms with Crippen LogP contribution in [0.25, 0.3) is 0 Å². The number of hydrogen-bond acceptors (Lipinski definition) is 4. The van der Waals surface area contributed by atoms with E-state index in [4.69, 9.17) is 9.47 Å². The second-order valence-corrected chi connectivity index (χ2v) is 8.90. The first-order valence-electron chi connectivity index (χ1n) is 10.4. The van der Waals surface area contributed by atoms with Gasteiger partial charge in [0.05, 0.1) is 13.7 Å². The Kier molecular flexibility index (Phi) is 5.21. The van der Waals surface area contributed by atoms with Crippen LogP contribution in [-0.4, -0.2) is 25.5 Å². The molecule has 0 atom stereocenters. The predicted molar refractivity (Wildman–Crippen MR) is 105 cm³/mol. The van der Waals surface area contributed by atoms with Crippen molar-refractivity contribution in [2.45, 2.75) is 51.9 Å². The fourth-order valence-corrected chi connectivity index (χ4v) is 6.17. The van der Waals surface area contributed by atoms with E-state index in [1.807, 2.05) is 6.92 Å². The van der Waals surface area contributed by atoms with E-state index in [1.165, 1.54) is 45.6 Å². The molecule has 4 bridgehead atoms. The molecule has 4 fully saturated rings. The summed E-state index contributed by atoms with van der Waals surface area (Å²) in [5.41, 5.74) is 5.74. The summed E-state index contributed by atoms with van der Waals surface area (Å²) in [6, 6.07) is 4.98. The van der Waals surface area contributed by atoms with Crippen LogP contribution < -0.4 is 20.3 Å². The molecule has 28 heavy (non-hydrogen) atoms. The fourth-order valence-electron chi connectivity index (χ4n) is 6.17. The summed E-state index contributed by atoms with van der Waals surface area (Å²) in [4.78, 5) is 25.0. The lowest BCUT2D eigenvalue weighted by atomic mass is 9.49. The van der Waals surface area contributed by atoms with Crippen molar-refractivity contribution >= 4 is 11.8 Å². The molecule has 4 aliphatic rings. The van der Waals surface area contributed by atoms with Gasteiger partial charge in [-0.25, -0.2) is 0 Å². The van der Waals surface area contributed by atoms with Crippen molar-refractivity contribution in [2.24, 2.45) is 23.2 Å². The molecule has 152 valence electrons. The maximum Gasteiger partial charge on any atom is 0.269 e. The van der Waals surface area contributed by atoms with E-state index in [-0.39, 0.29) is 17.2 Å². The van der Waals surface area contributed by atoms with Crippen molar-refractivity contribution in [2.75, 3.05) is 13.7 Å². The molecule has 0 radical (unpaired) electrons. The van der Waals surface area contributed by atoms with Gasteiger partial charge in [-0.2, -0.15) is 0 Å². The molecule has 2 amide bonds. The quantitative estimate of drug-likeness (QED) is 0.734. The minimum Gasteiger partial charge on any atom is -0.493 e. The molecule has 0 spiro atoms. The molecule has 1 aromatic carbocycles. The summed E-state index contributed by atoms with van der Waals surface area (Å²) in [5, 5.41) is 0. The van der Waals surface area contributed by atoms with Crippen LogP contribution in [0.4, 0.5) is 0 Å². The van der Waals surface area contributed by atoms with E-state index < -0.39 is 0 Å². The number of carbonyl (C=O) groups excluding carboxylic acids is 2. The maximum atomic E-state index is 12.6. The van der Waals surface area contributed by atoms with Gasteiger partial charge >= 0.3 is 0 Å². The third kappa shape index (κ3) is 3.82. The molecule has 0 unspecified atom stereocenters. The summed E-state index contributed by atoms with van der Waals surface area (Å²) < 4.78 is 10.7. The Morgan fingerprint density at radius 2 is 1.68 bits per heavy atom. The zero-order valence-corrected chi connectivity index (χ0v) is 16.8. The number of amides is 2. The van der Waals surface area contributed by atoms with Gasteiger partial charge in [0.15, 0.2) is 11.5 Å². The molecular weight excluding hydrogens is 356 g/mol. The van der Waals surface area contributed by atoms with E-state index in [1.54, 1.807) is 18.2 Å². The SMILES string of the molecule is CCOc1ccc(C(=O)NNC(=O)CC23CC4CC(CC(C4)C2)C3)cc1OC. The smallest absolute Gasteiger partial charge is 0.269 e. The summed E-state index contributed by atoms with van der Waals surface area (Å²) in [5.74, 6) is 3.06. The minimum atomic E-state index is -0.361. The summed E-state index contributed by atoms with van der Waals surface area (Å²) in [6.07, 6.45) is 8.12. The lowest BCUT2D eigenvalue weighted by molar-refractivity contribution is -0.130. The Bertz CT molecular complexity index is 726. The van der Waals surface area contributed by atoms with Gasteiger partial charge in [-0.15, -0.1) is 0 Å². The first-order valence-corrected chi connectivity index (χ1v) is 10.4.